The molecule has 20 heavy (non-hydrogen) atoms. The van der Waals surface area contributed by atoms with Gasteiger partial charge in [-0.15, -0.1) is 0 Å². The van der Waals surface area contributed by atoms with Crippen LogP contribution in [0, 0.1) is 6.92 Å². The van der Waals surface area contributed by atoms with Crippen LogP contribution in [0.4, 0.5) is 5.95 Å². The van der Waals surface area contributed by atoms with Gasteiger partial charge in [-0.1, -0.05) is 24.6 Å². The lowest BCUT2D eigenvalue weighted by atomic mass is 10.1. The van der Waals surface area contributed by atoms with Gasteiger partial charge in [0.15, 0.2) is 0 Å². The zero-order valence-electron chi connectivity index (χ0n) is 11.9. The molecule has 0 saturated carbocycles. The Balaban J connectivity index is 2.40. The molecule has 106 valence electrons. The van der Waals surface area contributed by atoms with Crippen LogP contribution in [-0.2, 0) is 0 Å². The SMILES string of the molecule is CCCNc1ncc(C)c(-c2ccc(Cl)c(OC)c2)n1. The molecular formula is C15H18ClN3O. The fourth-order valence-electron chi connectivity index (χ4n) is 1.86. The molecule has 4 nitrogen and oxygen atoms in total. The Morgan fingerprint density at radius 1 is 1.35 bits per heavy atom. The Hall–Kier alpha value is -1.81. The first-order valence-corrected chi connectivity index (χ1v) is 6.95. The Kier molecular flexibility index (Phi) is 4.79. The van der Waals surface area contributed by atoms with Crippen molar-refractivity contribution >= 4 is 17.5 Å². The number of anilines is 1. The van der Waals surface area contributed by atoms with Gasteiger partial charge in [0.2, 0.25) is 5.95 Å². The van der Waals surface area contributed by atoms with Crippen molar-refractivity contribution in [1.82, 2.24) is 9.97 Å². The second kappa shape index (κ2) is 6.57. The first kappa shape index (κ1) is 14.6. The maximum absolute atomic E-state index is 6.05. The van der Waals surface area contributed by atoms with Crippen molar-refractivity contribution in [2.75, 3.05) is 19.0 Å². The van der Waals surface area contributed by atoms with Gasteiger partial charge in [-0.05, 0) is 31.0 Å². The maximum Gasteiger partial charge on any atom is 0.223 e. The Bertz CT molecular complexity index is 602. The van der Waals surface area contributed by atoms with E-state index in [1.165, 1.54) is 0 Å². The average Bonchev–Trinajstić information content (AvgIpc) is 2.47. The molecule has 1 aromatic carbocycles. The number of hydrogen-bond acceptors (Lipinski definition) is 4. The summed E-state index contributed by atoms with van der Waals surface area (Å²) in [6, 6.07) is 5.64. The summed E-state index contributed by atoms with van der Waals surface area (Å²) in [7, 11) is 1.60. The second-order valence-corrected chi connectivity index (χ2v) is 4.91. The molecular weight excluding hydrogens is 274 g/mol. The predicted octanol–water partition coefficient (Wildman–Crippen LogP) is 3.94. The minimum absolute atomic E-state index is 0.590. The van der Waals surface area contributed by atoms with Gasteiger partial charge in [-0.25, -0.2) is 9.97 Å². The molecule has 0 spiro atoms. The third-order valence-electron chi connectivity index (χ3n) is 2.93. The minimum atomic E-state index is 0.590. The highest BCUT2D eigenvalue weighted by molar-refractivity contribution is 6.32. The molecule has 0 amide bonds. The van der Waals surface area contributed by atoms with Gasteiger partial charge in [-0.3, -0.25) is 0 Å². The number of ether oxygens (including phenoxy) is 1. The van der Waals surface area contributed by atoms with E-state index in [0.29, 0.717) is 16.7 Å². The number of aromatic nitrogens is 2. The Labute approximate surface area is 124 Å². The summed E-state index contributed by atoms with van der Waals surface area (Å²) >= 11 is 6.05. The number of aryl methyl sites for hydroxylation is 1. The molecule has 1 N–H and O–H groups in total. The molecule has 0 aliphatic carbocycles. The first-order valence-electron chi connectivity index (χ1n) is 6.57. The summed E-state index contributed by atoms with van der Waals surface area (Å²) in [4.78, 5) is 8.85. The van der Waals surface area contributed by atoms with Crippen LogP contribution in [0.25, 0.3) is 11.3 Å². The van der Waals surface area contributed by atoms with Gasteiger partial charge in [0, 0.05) is 18.3 Å². The molecule has 2 rings (SSSR count). The van der Waals surface area contributed by atoms with Gasteiger partial charge in [-0.2, -0.15) is 0 Å². The van der Waals surface area contributed by atoms with Crippen molar-refractivity contribution in [3.63, 3.8) is 0 Å². The summed E-state index contributed by atoms with van der Waals surface area (Å²) in [5.41, 5.74) is 2.86. The van der Waals surface area contributed by atoms with E-state index in [1.807, 2.05) is 31.3 Å². The normalized spacial score (nSPS) is 10.4. The van der Waals surface area contributed by atoms with Crippen LogP contribution in [0.5, 0.6) is 5.75 Å². The fourth-order valence-corrected chi connectivity index (χ4v) is 2.06. The topological polar surface area (TPSA) is 47.0 Å². The number of halogens is 1. The van der Waals surface area contributed by atoms with Gasteiger partial charge in [0.1, 0.15) is 5.75 Å². The lowest BCUT2D eigenvalue weighted by Gasteiger charge is -2.10. The highest BCUT2D eigenvalue weighted by Gasteiger charge is 2.09. The zero-order chi connectivity index (χ0) is 14.5. The highest BCUT2D eigenvalue weighted by atomic mass is 35.5. The van der Waals surface area contributed by atoms with Crippen molar-refractivity contribution in [3.05, 3.63) is 35.0 Å². The molecule has 0 aliphatic rings. The molecule has 0 atom stereocenters. The van der Waals surface area contributed by atoms with Crippen molar-refractivity contribution in [2.24, 2.45) is 0 Å². The number of nitrogens with zero attached hydrogens (tertiary/aromatic N) is 2. The van der Waals surface area contributed by atoms with Crippen LogP contribution in [0.2, 0.25) is 5.02 Å². The van der Waals surface area contributed by atoms with E-state index in [4.69, 9.17) is 16.3 Å². The third kappa shape index (κ3) is 3.20. The number of benzene rings is 1. The molecule has 1 aromatic heterocycles. The van der Waals surface area contributed by atoms with Crippen molar-refractivity contribution in [1.29, 1.82) is 0 Å². The second-order valence-electron chi connectivity index (χ2n) is 4.50. The highest BCUT2D eigenvalue weighted by Crippen LogP contribution is 2.31. The quantitative estimate of drug-likeness (QED) is 0.906. The van der Waals surface area contributed by atoms with E-state index in [-0.39, 0.29) is 0 Å². The molecule has 0 saturated heterocycles. The summed E-state index contributed by atoms with van der Waals surface area (Å²) in [5.74, 6) is 1.28. The van der Waals surface area contributed by atoms with Crippen LogP contribution < -0.4 is 10.1 Å². The van der Waals surface area contributed by atoms with E-state index < -0.39 is 0 Å². The molecule has 0 fully saturated rings. The summed E-state index contributed by atoms with van der Waals surface area (Å²) in [6.07, 6.45) is 2.85. The standard InChI is InChI=1S/C15H18ClN3O/c1-4-7-17-15-18-9-10(2)14(19-15)11-5-6-12(16)13(8-11)20-3/h5-6,8-9H,4,7H2,1-3H3,(H,17,18,19). The summed E-state index contributed by atoms with van der Waals surface area (Å²) in [6.45, 7) is 4.94. The first-order chi connectivity index (χ1) is 9.65. The van der Waals surface area contributed by atoms with Gasteiger partial charge < -0.3 is 10.1 Å². The Morgan fingerprint density at radius 3 is 2.85 bits per heavy atom. The molecule has 0 aliphatic heterocycles. The zero-order valence-corrected chi connectivity index (χ0v) is 12.7. The number of methoxy groups -OCH3 is 1. The lowest BCUT2D eigenvalue weighted by Crippen LogP contribution is -2.05. The van der Waals surface area contributed by atoms with Crippen LogP contribution in [0.3, 0.4) is 0 Å². The smallest absolute Gasteiger partial charge is 0.223 e. The predicted molar refractivity (Wildman–Crippen MR) is 82.5 cm³/mol. The average molecular weight is 292 g/mol. The monoisotopic (exact) mass is 291 g/mol. The maximum atomic E-state index is 6.05. The minimum Gasteiger partial charge on any atom is -0.495 e. The van der Waals surface area contributed by atoms with E-state index >= 15 is 0 Å². The number of nitrogens with one attached hydrogen (secondary N) is 1. The van der Waals surface area contributed by atoms with Crippen LogP contribution >= 0.6 is 11.6 Å². The molecule has 1 heterocycles. The van der Waals surface area contributed by atoms with E-state index in [9.17, 15) is 0 Å². The van der Waals surface area contributed by atoms with Gasteiger partial charge in [0.05, 0.1) is 17.8 Å². The largest absolute Gasteiger partial charge is 0.495 e. The summed E-state index contributed by atoms with van der Waals surface area (Å²) in [5, 5.41) is 3.78. The molecule has 2 aromatic rings. The van der Waals surface area contributed by atoms with Crippen molar-refractivity contribution in [2.45, 2.75) is 20.3 Å². The van der Waals surface area contributed by atoms with E-state index in [1.54, 1.807) is 7.11 Å². The lowest BCUT2D eigenvalue weighted by molar-refractivity contribution is 0.415. The van der Waals surface area contributed by atoms with Gasteiger partial charge in [0.25, 0.3) is 0 Å². The Morgan fingerprint density at radius 2 is 2.15 bits per heavy atom. The molecule has 0 bridgehead atoms. The third-order valence-corrected chi connectivity index (χ3v) is 3.24. The van der Waals surface area contributed by atoms with E-state index in [2.05, 4.69) is 22.2 Å². The van der Waals surface area contributed by atoms with Crippen LogP contribution in [-0.4, -0.2) is 23.6 Å². The fraction of sp³-hybridized carbons (Fsp3) is 0.333. The van der Waals surface area contributed by atoms with Crippen LogP contribution in [0.1, 0.15) is 18.9 Å². The molecule has 0 unspecified atom stereocenters. The number of hydrogen-bond donors (Lipinski definition) is 1. The van der Waals surface area contributed by atoms with Crippen LogP contribution in [0.15, 0.2) is 24.4 Å². The molecule has 5 heteroatoms. The van der Waals surface area contributed by atoms with Crippen molar-refractivity contribution in [3.8, 4) is 17.0 Å². The molecule has 0 radical (unpaired) electrons. The van der Waals surface area contributed by atoms with E-state index in [0.717, 1.165) is 29.8 Å². The number of rotatable bonds is 5. The summed E-state index contributed by atoms with van der Waals surface area (Å²) < 4.78 is 5.25. The van der Waals surface area contributed by atoms with Crippen molar-refractivity contribution < 1.29 is 4.74 Å². The van der Waals surface area contributed by atoms with Gasteiger partial charge >= 0.3 is 0 Å².